The zero-order valence-electron chi connectivity index (χ0n) is 24.9. The van der Waals surface area contributed by atoms with Crippen LogP contribution in [0.1, 0.15) is 26.3 Å². The highest BCUT2D eigenvalue weighted by Crippen LogP contribution is 2.39. The molecule has 1 heterocycles. The van der Waals surface area contributed by atoms with Gasteiger partial charge < -0.3 is 0 Å². The largest absolute Gasteiger partial charge is 0.279 e. The van der Waals surface area contributed by atoms with Gasteiger partial charge in [0.25, 0.3) is 11.4 Å². The van der Waals surface area contributed by atoms with Gasteiger partial charge in [0.05, 0.1) is 26.7 Å². The van der Waals surface area contributed by atoms with Crippen LogP contribution >= 0.6 is 0 Å². The maximum atomic E-state index is 12.4. The third-order valence-corrected chi connectivity index (χ3v) is 7.75. The van der Waals surface area contributed by atoms with Gasteiger partial charge in [-0.05, 0) is 40.3 Å². The van der Waals surface area contributed by atoms with Crippen molar-refractivity contribution in [1.29, 1.82) is 0 Å². The van der Waals surface area contributed by atoms with E-state index >= 15 is 0 Å². The first kappa shape index (κ1) is 29.1. The standard InChI is InChI=1S/C36H29N5O4/c1-36(2,3)28-19-17-27(18-20-28)35-38-37-34(26-15-13-25(14-16-26)24-9-5-4-6-10-24)39(35)29-21-22-31(33(23-29)41(44)45)30-11-7-8-12-32(30)40(42)43/h4-23H,1-3H3. The van der Waals surface area contributed by atoms with Crippen LogP contribution in [0.25, 0.3) is 50.7 Å². The predicted octanol–water partition coefficient (Wildman–Crippen LogP) is 9.05. The van der Waals surface area contributed by atoms with E-state index in [-0.39, 0.29) is 27.9 Å². The minimum Gasteiger partial charge on any atom is -0.275 e. The smallest absolute Gasteiger partial charge is 0.275 e. The van der Waals surface area contributed by atoms with Crippen molar-refractivity contribution in [2.75, 3.05) is 0 Å². The molecule has 0 radical (unpaired) electrons. The van der Waals surface area contributed by atoms with Crippen LogP contribution in [0.3, 0.4) is 0 Å². The van der Waals surface area contributed by atoms with E-state index in [1.54, 1.807) is 22.8 Å². The average molecular weight is 596 g/mol. The molecule has 6 aromatic rings. The number of hydrogen-bond donors (Lipinski definition) is 0. The van der Waals surface area contributed by atoms with Gasteiger partial charge in [-0.25, -0.2) is 0 Å². The second-order valence-corrected chi connectivity index (χ2v) is 11.7. The van der Waals surface area contributed by atoms with E-state index in [4.69, 9.17) is 0 Å². The normalized spacial score (nSPS) is 11.4. The van der Waals surface area contributed by atoms with Gasteiger partial charge in [0.1, 0.15) is 0 Å². The number of nitro benzene ring substituents is 2. The molecule has 0 unspecified atom stereocenters. The summed E-state index contributed by atoms with van der Waals surface area (Å²) in [6.07, 6.45) is 0. The maximum Gasteiger partial charge on any atom is 0.279 e. The molecule has 9 heteroatoms. The summed E-state index contributed by atoms with van der Waals surface area (Å²) in [5.74, 6) is 1.00. The van der Waals surface area contributed by atoms with E-state index < -0.39 is 9.85 Å². The molecule has 1 aromatic heterocycles. The van der Waals surface area contributed by atoms with E-state index in [9.17, 15) is 20.2 Å². The minimum absolute atomic E-state index is 0.0473. The van der Waals surface area contributed by atoms with E-state index in [0.29, 0.717) is 17.3 Å². The molecule has 0 fully saturated rings. The summed E-state index contributed by atoms with van der Waals surface area (Å²) in [6.45, 7) is 6.42. The topological polar surface area (TPSA) is 117 Å². The first-order chi connectivity index (χ1) is 21.6. The average Bonchev–Trinajstić information content (AvgIpc) is 3.50. The van der Waals surface area contributed by atoms with Crippen molar-refractivity contribution in [3.63, 3.8) is 0 Å². The molecule has 45 heavy (non-hydrogen) atoms. The Bertz CT molecular complexity index is 2030. The van der Waals surface area contributed by atoms with Crippen LogP contribution in [0.2, 0.25) is 0 Å². The molecule has 0 aliphatic carbocycles. The Kier molecular flexibility index (Phi) is 7.52. The monoisotopic (exact) mass is 595 g/mol. The molecule has 0 aliphatic rings. The lowest BCUT2D eigenvalue weighted by Gasteiger charge is -2.19. The fraction of sp³-hybridized carbons (Fsp3) is 0.111. The molecular weight excluding hydrogens is 566 g/mol. The second kappa shape index (κ2) is 11.6. The molecule has 0 spiro atoms. The molecule has 0 amide bonds. The number of hydrogen-bond acceptors (Lipinski definition) is 6. The lowest BCUT2D eigenvalue weighted by atomic mass is 9.86. The molecule has 222 valence electrons. The van der Waals surface area contributed by atoms with Crippen molar-refractivity contribution in [2.24, 2.45) is 0 Å². The molecule has 6 rings (SSSR count). The quantitative estimate of drug-likeness (QED) is 0.134. The third kappa shape index (κ3) is 5.71. The number of rotatable bonds is 7. The molecule has 0 aliphatic heterocycles. The van der Waals surface area contributed by atoms with Crippen LogP contribution in [0.15, 0.2) is 121 Å². The van der Waals surface area contributed by atoms with E-state index in [0.717, 1.165) is 27.8 Å². The number of nitrogens with zero attached hydrogens (tertiary/aromatic N) is 5. The highest BCUT2D eigenvalue weighted by atomic mass is 16.6. The van der Waals surface area contributed by atoms with E-state index in [1.165, 1.54) is 24.3 Å². The summed E-state index contributed by atoms with van der Waals surface area (Å²) < 4.78 is 1.79. The maximum absolute atomic E-state index is 12.4. The zero-order chi connectivity index (χ0) is 31.7. The molecule has 0 N–H and O–H groups in total. The molecule has 0 saturated carbocycles. The summed E-state index contributed by atoms with van der Waals surface area (Å²) >= 11 is 0. The Morgan fingerprint density at radius 3 is 1.62 bits per heavy atom. The van der Waals surface area contributed by atoms with Crippen molar-refractivity contribution >= 4 is 11.4 Å². The summed E-state index contributed by atoms with van der Waals surface area (Å²) in [5.41, 5.74) is 5.05. The molecule has 9 nitrogen and oxygen atoms in total. The Hall–Kier alpha value is -5.96. The van der Waals surface area contributed by atoms with Crippen molar-refractivity contribution in [2.45, 2.75) is 26.2 Å². The first-order valence-electron chi connectivity index (χ1n) is 14.4. The van der Waals surface area contributed by atoms with Gasteiger partial charge in [-0.15, -0.1) is 10.2 Å². The highest BCUT2D eigenvalue weighted by molar-refractivity contribution is 5.82. The van der Waals surface area contributed by atoms with Crippen LogP contribution in [0.4, 0.5) is 11.4 Å². The van der Waals surface area contributed by atoms with Crippen molar-refractivity contribution in [3.8, 4) is 50.7 Å². The fourth-order valence-corrected chi connectivity index (χ4v) is 5.36. The third-order valence-electron chi connectivity index (χ3n) is 7.75. The Morgan fingerprint density at radius 2 is 1.04 bits per heavy atom. The minimum atomic E-state index is -0.538. The molecule has 5 aromatic carbocycles. The van der Waals surface area contributed by atoms with Gasteiger partial charge in [-0.1, -0.05) is 112 Å². The lowest BCUT2D eigenvalue weighted by Crippen LogP contribution is -2.10. The van der Waals surface area contributed by atoms with E-state index in [1.807, 2.05) is 78.9 Å². The van der Waals surface area contributed by atoms with Crippen LogP contribution in [-0.2, 0) is 5.41 Å². The van der Waals surface area contributed by atoms with Gasteiger partial charge in [-0.2, -0.15) is 0 Å². The van der Waals surface area contributed by atoms with Gasteiger partial charge >= 0.3 is 0 Å². The fourth-order valence-electron chi connectivity index (χ4n) is 5.36. The summed E-state index contributed by atoms with van der Waals surface area (Å²) in [7, 11) is 0. The first-order valence-corrected chi connectivity index (χ1v) is 14.4. The second-order valence-electron chi connectivity index (χ2n) is 11.7. The van der Waals surface area contributed by atoms with Crippen LogP contribution < -0.4 is 0 Å². The van der Waals surface area contributed by atoms with Crippen LogP contribution in [-0.4, -0.2) is 24.6 Å². The van der Waals surface area contributed by atoms with Gasteiger partial charge in [-0.3, -0.25) is 24.8 Å². The van der Waals surface area contributed by atoms with Gasteiger partial charge in [0.15, 0.2) is 11.6 Å². The zero-order valence-corrected chi connectivity index (χ0v) is 24.9. The van der Waals surface area contributed by atoms with Gasteiger partial charge in [0, 0.05) is 23.3 Å². The summed E-state index contributed by atoms with van der Waals surface area (Å²) in [6, 6.07) is 36.6. The van der Waals surface area contributed by atoms with Crippen molar-refractivity contribution < 1.29 is 9.85 Å². The van der Waals surface area contributed by atoms with Crippen LogP contribution in [0.5, 0.6) is 0 Å². The van der Waals surface area contributed by atoms with Crippen LogP contribution in [0, 0.1) is 20.2 Å². The predicted molar refractivity (Wildman–Crippen MR) is 175 cm³/mol. The highest BCUT2D eigenvalue weighted by Gasteiger charge is 2.26. The molecule has 0 bridgehead atoms. The number of nitro groups is 2. The number of para-hydroxylation sites is 1. The lowest BCUT2D eigenvalue weighted by molar-refractivity contribution is -0.386. The molecular formula is C36H29N5O4. The molecule has 0 atom stereocenters. The number of benzene rings is 5. The Morgan fingerprint density at radius 1 is 0.556 bits per heavy atom. The Labute approximate surface area is 259 Å². The van der Waals surface area contributed by atoms with E-state index in [2.05, 4.69) is 31.0 Å². The van der Waals surface area contributed by atoms with Crippen molar-refractivity contribution in [3.05, 3.63) is 147 Å². The van der Waals surface area contributed by atoms with Gasteiger partial charge in [0.2, 0.25) is 0 Å². The SMILES string of the molecule is CC(C)(C)c1ccc(-c2nnc(-c3ccc(-c4ccccc4)cc3)n2-c2ccc(-c3ccccc3[N+](=O)[O-])c([N+](=O)[O-])c2)cc1. The summed E-state index contributed by atoms with van der Waals surface area (Å²) in [5, 5.41) is 33.3. The number of aromatic nitrogens is 3. The summed E-state index contributed by atoms with van der Waals surface area (Å²) in [4.78, 5) is 23.1. The van der Waals surface area contributed by atoms with Crippen molar-refractivity contribution in [1.82, 2.24) is 14.8 Å². The molecule has 0 saturated heterocycles. The Balaban J connectivity index is 1.53.